The summed E-state index contributed by atoms with van der Waals surface area (Å²) in [6, 6.07) is 5.91. The zero-order chi connectivity index (χ0) is 19.4. The van der Waals surface area contributed by atoms with Gasteiger partial charge in [-0.05, 0) is 69.8 Å². The lowest BCUT2D eigenvalue weighted by Gasteiger charge is -2.54. The Kier molecular flexibility index (Phi) is 4.45. The monoisotopic (exact) mass is 401 g/mol. The quantitative estimate of drug-likeness (QED) is 0.799. The van der Waals surface area contributed by atoms with E-state index in [9.17, 15) is 0 Å². The lowest BCUT2D eigenvalue weighted by Crippen LogP contribution is -2.54. The van der Waals surface area contributed by atoms with E-state index in [2.05, 4.69) is 28.7 Å². The van der Waals surface area contributed by atoms with Gasteiger partial charge in [-0.15, -0.1) is 0 Å². The van der Waals surface area contributed by atoms with E-state index in [1.807, 2.05) is 24.4 Å². The Labute approximate surface area is 171 Å². The van der Waals surface area contributed by atoms with Crippen LogP contribution in [0.1, 0.15) is 50.5 Å². The van der Waals surface area contributed by atoms with E-state index >= 15 is 0 Å². The van der Waals surface area contributed by atoms with E-state index in [4.69, 9.17) is 21.1 Å². The van der Waals surface area contributed by atoms with Gasteiger partial charge in [0.2, 0.25) is 0 Å². The van der Waals surface area contributed by atoms with Crippen LogP contribution in [0.3, 0.4) is 0 Å². The first-order valence-corrected chi connectivity index (χ1v) is 10.6. The number of hydrogen-bond acceptors (Lipinski definition) is 4. The summed E-state index contributed by atoms with van der Waals surface area (Å²) in [5.41, 5.74) is 2.31. The van der Waals surface area contributed by atoms with Gasteiger partial charge in [0.15, 0.2) is 0 Å². The van der Waals surface area contributed by atoms with Gasteiger partial charge < -0.3 is 14.5 Å². The summed E-state index contributed by atoms with van der Waals surface area (Å²) in [5.74, 6) is 1.26. The average Bonchev–Trinajstić information content (AvgIpc) is 3.18. The number of likely N-dealkylation sites (tertiary alicyclic amines) is 1. The molecule has 5 rings (SSSR count). The van der Waals surface area contributed by atoms with E-state index in [-0.39, 0.29) is 17.1 Å². The zero-order valence-electron chi connectivity index (χ0n) is 16.6. The van der Waals surface area contributed by atoms with Crippen molar-refractivity contribution < 1.29 is 9.47 Å². The fourth-order valence-corrected chi connectivity index (χ4v) is 5.45. The summed E-state index contributed by atoms with van der Waals surface area (Å²) in [6.45, 7) is 8.39. The minimum atomic E-state index is -0.244. The SMILES string of the molecule is CC1(C)Oc2ccc(Cl)cc2C2OCC3(CCN(Cc4cnc[nH]4)CC3)CC21. The summed E-state index contributed by atoms with van der Waals surface area (Å²) in [4.78, 5) is 9.86. The number of H-pyrrole nitrogens is 1. The van der Waals surface area contributed by atoms with Gasteiger partial charge in [0, 0.05) is 34.9 Å². The molecule has 6 heteroatoms. The molecule has 4 heterocycles. The number of ether oxygens (including phenoxy) is 2. The molecular formula is C22H28ClN3O2. The number of halogens is 1. The molecule has 150 valence electrons. The Morgan fingerprint density at radius 2 is 2.11 bits per heavy atom. The number of hydrogen-bond donors (Lipinski definition) is 1. The molecule has 2 fully saturated rings. The Hall–Kier alpha value is -1.56. The van der Waals surface area contributed by atoms with Crippen LogP contribution in [0.4, 0.5) is 0 Å². The molecule has 1 aromatic heterocycles. The number of rotatable bonds is 2. The predicted molar refractivity (Wildman–Crippen MR) is 108 cm³/mol. The van der Waals surface area contributed by atoms with E-state index in [0.717, 1.165) is 49.0 Å². The third-order valence-electron chi connectivity index (χ3n) is 7.00. The molecule has 1 aromatic carbocycles. The Balaban J connectivity index is 1.32. The van der Waals surface area contributed by atoms with Crippen molar-refractivity contribution in [1.82, 2.24) is 14.9 Å². The van der Waals surface area contributed by atoms with Crippen molar-refractivity contribution in [2.75, 3.05) is 19.7 Å². The van der Waals surface area contributed by atoms with Crippen molar-refractivity contribution in [3.63, 3.8) is 0 Å². The smallest absolute Gasteiger partial charge is 0.126 e. The topological polar surface area (TPSA) is 50.4 Å². The van der Waals surface area contributed by atoms with Crippen LogP contribution >= 0.6 is 11.6 Å². The molecule has 3 aliphatic rings. The fraction of sp³-hybridized carbons (Fsp3) is 0.591. The van der Waals surface area contributed by atoms with Crippen LogP contribution in [0.15, 0.2) is 30.7 Å². The second-order valence-electron chi connectivity index (χ2n) is 9.28. The molecule has 2 saturated heterocycles. The van der Waals surface area contributed by atoms with Crippen LogP contribution in [0.25, 0.3) is 0 Å². The van der Waals surface area contributed by atoms with Gasteiger partial charge in [0.1, 0.15) is 11.4 Å². The molecule has 1 N–H and O–H groups in total. The normalized spacial score (nSPS) is 28.4. The molecule has 0 aliphatic carbocycles. The van der Waals surface area contributed by atoms with Gasteiger partial charge >= 0.3 is 0 Å². The Morgan fingerprint density at radius 3 is 2.86 bits per heavy atom. The van der Waals surface area contributed by atoms with E-state index in [1.54, 1.807) is 6.33 Å². The molecule has 2 atom stereocenters. The third-order valence-corrected chi connectivity index (χ3v) is 7.23. The number of nitrogens with one attached hydrogen (secondary N) is 1. The van der Waals surface area contributed by atoms with Crippen LogP contribution in [0.5, 0.6) is 5.75 Å². The van der Waals surface area contributed by atoms with Gasteiger partial charge in [-0.1, -0.05) is 11.6 Å². The first-order valence-electron chi connectivity index (χ1n) is 10.2. The molecule has 0 amide bonds. The van der Waals surface area contributed by atoms with Gasteiger partial charge in [-0.2, -0.15) is 0 Å². The van der Waals surface area contributed by atoms with Crippen LogP contribution in [-0.4, -0.2) is 40.2 Å². The molecule has 0 saturated carbocycles. The highest BCUT2D eigenvalue weighted by Gasteiger charge is 2.52. The van der Waals surface area contributed by atoms with Crippen molar-refractivity contribution in [3.05, 3.63) is 47.0 Å². The van der Waals surface area contributed by atoms with Crippen molar-refractivity contribution in [3.8, 4) is 5.75 Å². The number of aromatic amines is 1. The largest absolute Gasteiger partial charge is 0.487 e. The van der Waals surface area contributed by atoms with E-state index in [1.165, 1.54) is 18.5 Å². The highest BCUT2D eigenvalue weighted by atomic mass is 35.5. The summed E-state index contributed by atoms with van der Waals surface area (Å²) in [6.07, 6.45) is 7.24. The standard InChI is InChI=1S/C22H28ClN3O2/c1-21(2)18-10-22(5-7-26(8-6-22)12-16-11-24-14-25-16)13-27-20(18)17-9-15(23)3-4-19(17)28-21/h3-4,9,11,14,18,20H,5-8,10,12-13H2,1-2H3,(H,24,25). The number of nitrogens with zero attached hydrogens (tertiary/aromatic N) is 2. The fourth-order valence-electron chi connectivity index (χ4n) is 5.27. The van der Waals surface area contributed by atoms with Crippen molar-refractivity contribution in [1.29, 1.82) is 0 Å². The first kappa shape index (κ1) is 18.5. The average molecular weight is 402 g/mol. The molecule has 3 aliphatic heterocycles. The maximum Gasteiger partial charge on any atom is 0.126 e. The van der Waals surface area contributed by atoms with Crippen LogP contribution < -0.4 is 4.74 Å². The summed E-state index contributed by atoms with van der Waals surface area (Å²) >= 11 is 6.27. The molecule has 0 bridgehead atoms. The van der Waals surface area contributed by atoms with Gasteiger partial charge in [-0.25, -0.2) is 4.98 Å². The summed E-state index contributed by atoms with van der Waals surface area (Å²) in [7, 11) is 0. The number of fused-ring (bicyclic) bond motifs is 3. The minimum Gasteiger partial charge on any atom is -0.487 e. The number of aromatic nitrogens is 2. The molecule has 28 heavy (non-hydrogen) atoms. The molecular weight excluding hydrogens is 374 g/mol. The Bertz CT molecular complexity index is 843. The number of imidazole rings is 1. The second kappa shape index (κ2) is 6.75. The van der Waals surface area contributed by atoms with Crippen LogP contribution in [-0.2, 0) is 11.3 Å². The predicted octanol–water partition coefficient (Wildman–Crippen LogP) is 4.59. The lowest BCUT2D eigenvalue weighted by atomic mass is 9.64. The zero-order valence-corrected chi connectivity index (χ0v) is 17.3. The molecule has 1 spiro atoms. The third kappa shape index (κ3) is 3.23. The summed E-state index contributed by atoms with van der Waals surface area (Å²) < 4.78 is 13.0. The Morgan fingerprint density at radius 1 is 1.29 bits per heavy atom. The van der Waals surface area contributed by atoms with Gasteiger partial charge in [-0.3, -0.25) is 4.90 Å². The molecule has 0 radical (unpaired) electrons. The van der Waals surface area contributed by atoms with Crippen LogP contribution in [0, 0.1) is 11.3 Å². The number of benzene rings is 1. The molecule has 5 nitrogen and oxygen atoms in total. The van der Waals surface area contributed by atoms with Crippen molar-refractivity contribution >= 4 is 11.6 Å². The highest BCUT2D eigenvalue weighted by Crippen LogP contribution is 2.55. The minimum absolute atomic E-state index is 0.0751. The maximum absolute atomic E-state index is 6.56. The number of piperidine rings is 1. The van der Waals surface area contributed by atoms with Gasteiger partial charge in [0.05, 0.1) is 19.0 Å². The van der Waals surface area contributed by atoms with E-state index < -0.39 is 0 Å². The van der Waals surface area contributed by atoms with Crippen molar-refractivity contribution in [2.24, 2.45) is 11.3 Å². The second-order valence-corrected chi connectivity index (χ2v) is 9.72. The highest BCUT2D eigenvalue weighted by molar-refractivity contribution is 6.30. The summed E-state index contributed by atoms with van der Waals surface area (Å²) in [5, 5.41) is 0.747. The van der Waals surface area contributed by atoms with Crippen LogP contribution in [0.2, 0.25) is 5.02 Å². The maximum atomic E-state index is 6.56. The van der Waals surface area contributed by atoms with Gasteiger partial charge in [0.25, 0.3) is 0 Å². The van der Waals surface area contributed by atoms with Crippen molar-refractivity contribution in [2.45, 2.75) is 51.4 Å². The lowest BCUT2D eigenvalue weighted by molar-refractivity contribution is -0.174. The molecule has 2 unspecified atom stereocenters. The first-order chi connectivity index (χ1) is 13.4. The van der Waals surface area contributed by atoms with E-state index in [0.29, 0.717) is 5.92 Å². The molecule has 2 aromatic rings.